The molecular formula is C21H21ClN2. The highest BCUT2D eigenvalue weighted by Crippen LogP contribution is 2.23. The topological polar surface area (TPSA) is 17.3 Å². The molecule has 0 saturated carbocycles. The van der Waals surface area contributed by atoms with Crippen LogP contribution in [0, 0.1) is 27.7 Å². The second kappa shape index (κ2) is 6.66. The van der Waals surface area contributed by atoms with Crippen molar-refractivity contribution in [1.29, 1.82) is 0 Å². The summed E-state index contributed by atoms with van der Waals surface area (Å²) in [6.45, 7) is 8.43. The predicted octanol–water partition coefficient (Wildman–Crippen LogP) is 6.11. The Labute approximate surface area is 148 Å². The quantitative estimate of drug-likeness (QED) is 0.513. The maximum absolute atomic E-state index is 6.14. The Morgan fingerprint density at radius 2 is 1.71 bits per heavy atom. The minimum Gasteiger partial charge on any atom is -0.318 e. The maximum atomic E-state index is 6.14. The predicted molar refractivity (Wildman–Crippen MR) is 103 cm³/mol. The molecule has 24 heavy (non-hydrogen) atoms. The maximum Gasteiger partial charge on any atom is 0.0632 e. The third kappa shape index (κ3) is 3.29. The first-order valence-electron chi connectivity index (χ1n) is 8.02. The third-order valence-electron chi connectivity index (χ3n) is 4.38. The van der Waals surface area contributed by atoms with E-state index in [1.807, 2.05) is 24.4 Å². The average Bonchev–Trinajstić information content (AvgIpc) is 2.82. The molecule has 2 aromatic carbocycles. The van der Waals surface area contributed by atoms with Crippen molar-refractivity contribution in [2.75, 3.05) is 0 Å². The van der Waals surface area contributed by atoms with Gasteiger partial charge in [0.25, 0.3) is 0 Å². The van der Waals surface area contributed by atoms with Crippen LogP contribution in [0.5, 0.6) is 0 Å². The van der Waals surface area contributed by atoms with Gasteiger partial charge in [-0.15, -0.1) is 0 Å². The van der Waals surface area contributed by atoms with Crippen molar-refractivity contribution < 1.29 is 0 Å². The normalized spacial score (nSPS) is 11.4. The van der Waals surface area contributed by atoms with E-state index in [-0.39, 0.29) is 0 Å². The first-order chi connectivity index (χ1) is 11.5. The minimum atomic E-state index is 0.741. The van der Waals surface area contributed by atoms with Crippen molar-refractivity contribution in [1.82, 2.24) is 4.57 Å². The van der Waals surface area contributed by atoms with Gasteiger partial charge in [0.2, 0.25) is 0 Å². The zero-order valence-electron chi connectivity index (χ0n) is 14.5. The Balaban J connectivity index is 1.97. The fourth-order valence-electron chi connectivity index (χ4n) is 2.88. The Bertz CT molecular complexity index is 920. The number of halogens is 1. The van der Waals surface area contributed by atoms with Crippen LogP contribution in [0.2, 0.25) is 5.02 Å². The lowest BCUT2D eigenvalue weighted by atomic mass is 10.1. The van der Waals surface area contributed by atoms with E-state index in [9.17, 15) is 0 Å². The molecule has 1 aromatic heterocycles. The van der Waals surface area contributed by atoms with Gasteiger partial charge < -0.3 is 4.57 Å². The van der Waals surface area contributed by atoms with Gasteiger partial charge in [0, 0.05) is 33.9 Å². The highest BCUT2D eigenvalue weighted by molar-refractivity contribution is 6.30. The van der Waals surface area contributed by atoms with Crippen LogP contribution in [0.3, 0.4) is 0 Å². The summed E-state index contributed by atoms with van der Waals surface area (Å²) in [5.41, 5.74) is 8.03. The van der Waals surface area contributed by atoms with Gasteiger partial charge in [-0.1, -0.05) is 23.7 Å². The molecular weight excluding hydrogens is 316 g/mol. The average molecular weight is 337 g/mol. The number of hydrogen-bond acceptors (Lipinski definition) is 1. The number of aliphatic imine (C=N–C) groups is 1. The SMILES string of the molecule is Cc1ccc(N=Cc2cc(C)n(-c3cccc(Cl)c3)c2C)cc1C. The van der Waals surface area contributed by atoms with E-state index >= 15 is 0 Å². The Hall–Kier alpha value is -2.32. The molecule has 1 heterocycles. The summed E-state index contributed by atoms with van der Waals surface area (Å²) in [6, 6.07) is 16.3. The fraction of sp³-hybridized carbons (Fsp3) is 0.190. The molecule has 0 atom stereocenters. The van der Waals surface area contributed by atoms with E-state index in [4.69, 9.17) is 11.6 Å². The second-order valence-electron chi connectivity index (χ2n) is 6.17. The first kappa shape index (κ1) is 16.5. The van der Waals surface area contributed by atoms with Crippen LogP contribution in [0.1, 0.15) is 28.1 Å². The zero-order valence-corrected chi connectivity index (χ0v) is 15.2. The Kier molecular flexibility index (Phi) is 4.59. The van der Waals surface area contributed by atoms with Gasteiger partial charge in [0.05, 0.1) is 5.69 Å². The first-order valence-corrected chi connectivity index (χ1v) is 8.39. The Morgan fingerprint density at radius 1 is 0.917 bits per heavy atom. The molecule has 0 N–H and O–H groups in total. The van der Waals surface area contributed by atoms with Crippen molar-refractivity contribution in [3.8, 4) is 5.69 Å². The lowest BCUT2D eigenvalue weighted by molar-refractivity contribution is 0.965. The smallest absolute Gasteiger partial charge is 0.0632 e. The Morgan fingerprint density at radius 3 is 2.42 bits per heavy atom. The summed E-state index contributed by atoms with van der Waals surface area (Å²) in [5, 5.41) is 0.741. The van der Waals surface area contributed by atoms with Gasteiger partial charge >= 0.3 is 0 Å². The number of rotatable bonds is 3. The standard InChI is InChI=1S/C21H21ClN2/c1-14-8-9-20(10-15(14)2)23-13-18-11-16(3)24(17(18)4)21-7-5-6-19(22)12-21/h5-13H,1-4H3. The van der Waals surface area contributed by atoms with E-state index in [0.29, 0.717) is 0 Å². The fourth-order valence-corrected chi connectivity index (χ4v) is 3.07. The molecule has 2 nitrogen and oxygen atoms in total. The van der Waals surface area contributed by atoms with E-state index in [2.05, 4.69) is 67.6 Å². The zero-order chi connectivity index (χ0) is 17.3. The van der Waals surface area contributed by atoms with Crippen molar-refractivity contribution in [3.05, 3.63) is 81.6 Å². The van der Waals surface area contributed by atoms with Gasteiger partial charge in [0.15, 0.2) is 0 Å². The highest BCUT2D eigenvalue weighted by atomic mass is 35.5. The van der Waals surface area contributed by atoms with Crippen LogP contribution in [0.15, 0.2) is 53.5 Å². The van der Waals surface area contributed by atoms with Crippen LogP contribution < -0.4 is 0 Å². The summed E-state index contributed by atoms with van der Waals surface area (Å²) in [7, 11) is 0. The molecule has 3 rings (SSSR count). The molecule has 0 spiro atoms. The van der Waals surface area contributed by atoms with Gasteiger partial charge in [0.1, 0.15) is 0 Å². The summed E-state index contributed by atoms with van der Waals surface area (Å²) in [6.07, 6.45) is 1.94. The molecule has 0 aliphatic heterocycles. The lowest BCUT2D eigenvalue weighted by Crippen LogP contribution is -1.99. The molecule has 0 fully saturated rings. The van der Waals surface area contributed by atoms with Gasteiger partial charge in [-0.2, -0.15) is 0 Å². The van der Waals surface area contributed by atoms with Gasteiger partial charge in [-0.25, -0.2) is 0 Å². The number of benzene rings is 2. The van der Waals surface area contributed by atoms with E-state index in [0.717, 1.165) is 33.3 Å². The van der Waals surface area contributed by atoms with E-state index in [1.165, 1.54) is 11.1 Å². The summed E-state index contributed by atoms with van der Waals surface area (Å²) < 4.78 is 2.20. The van der Waals surface area contributed by atoms with Gasteiger partial charge in [-0.05, 0) is 75.2 Å². The molecule has 0 radical (unpaired) electrons. The van der Waals surface area contributed by atoms with Crippen LogP contribution >= 0.6 is 11.6 Å². The van der Waals surface area contributed by atoms with Crippen LogP contribution in [-0.2, 0) is 0 Å². The minimum absolute atomic E-state index is 0.741. The molecule has 0 aliphatic rings. The molecule has 3 aromatic rings. The highest BCUT2D eigenvalue weighted by Gasteiger charge is 2.09. The summed E-state index contributed by atoms with van der Waals surface area (Å²) in [5.74, 6) is 0. The van der Waals surface area contributed by atoms with Crippen molar-refractivity contribution >= 4 is 23.5 Å². The molecule has 3 heteroatoms. The van der Waals surface area contributed by atoms with Gasteiger partial charge in [-0.3, -0.25) is 4.99 Å². The van der Waals surface area contributed by atoms with Crippen LogP contribution in [-0.4, -0.2) is 10.8 Å². The molecule has 122 valence electrons. The number of aryl methyl sites for hydroxylation is 3. The van der Waals surface area contributed by atoms with Crippen LogP contribution in [0.25, 0.3) is 5.69 Å². The summed E-state index contributed by atoms with van der Waals surface area (Å²) >= 11 is 6.14. The monoisotopic (exact) mass is 336 g/mol. The molecule has 0 unspecified atom stereocenters. The van der Waals surface area contributed by atoms with Crippen molar-refractivity contribution in [3.63, 3.8) is 0 Å². The van der Waals surface area contributed by atoms with E-state index < -0.39 is 0 Å². The van der Waals surface area contributed by atoms with Crippen molar-refractivity contribution in [2.45, 2.75) is 27.7 Å². The molecule has 0 amide bonds. The summed E-state index contributed by atoms with van der Waals surface area (Å²) in [4.78, 5) is 4.64. The number of hydrogen-bond donors (Lipinski definition) is 0. The largest absolute Gasteiger partial charge is 0.318 e. The van der Waals surface area contributed by atoms with E-state index in [1.54, 1.807) is 0 Å². The second-order valence-corrected chi connectivity index (χ2v) is 6.60. The molecule has 0 saturated heterocycles. The number of aromatic nitrogens is 1. The van der Waals surface area contributed by atoms with Crippen molar-refractivity contribution in [2.24, 2.45) is 4.99 Å². The third-order valence-corrected chi connectivity index (χ3v) is 4.61. The number of nitrogens with zero attached hydrogens (tertiary/aromatic N) is 2. The lowest BCUT2D eigenvalue weighted by Gasteiger charge is -2.09. The molecule has 0 bridgehead atoms. The van der Waals surface area contributed by atoms with Crippen LogP contribution in [0.4, 0.5) is 5.69 Å². The molecule has 0 aliphatic carbocycles.